The van der Waals surface area contributed by atoms with Gasteiger partial charge in [0.25, 0.3) is 0 Å². The molecule has 0 unspecified atom stereocenters. The first kappa shape index (κ1) is 14.8. The number of methoxy groups -OCH3 is 2. The van der Waals surface area contributed by atoms with Crippen molar-refractivity contribution in [3.63, 3.8) is 0 Å². The molecular weight excluding hydrogens is 300 g/mol. The first-order valence-electron chi connectivity index (χ1n) is 6.74. The zero-order chi connectivity index (χ0) is 16.6. The van der Waals surface area contributed by atoms with Gasteiger partial charge in [0.2, 0.25) is 5.43 Å². The van der Waals surface area contributed by atoms with Crippen LogP contribution >= 0.6 is 0 Å². The lowest BCUT2D eigenvalue weighted by molar-refractivity contribution is 0.394. The second-order valence-electron chi connectivity index (χ2n) is 4.92. The van der Waals surface area contributed by atoms with Gasteiger partial charge in [-0.2, -0.15) is 0 Å². The Kier molecular flexibility index (Phi) is 3.57. The van der Waals surface area contributed by atoms with Gasteiger partial charge in [0.15, 0.2) is 0 Å². The van der Waals surface area contributed by atoms with E-state index < -0.39 is 5.43 Å². The molecule has 0 radical (unpaired) electrons. The van der Waals surface area contributed by atoms with Crippen molar-refractivity contribution in [3.05, 3.63) is 46.8 Å². The Morgan fingerprint density at radius 1 is 0.957 bits per heavy atom. The van der Waals surface area contributed by atoms with Gasteiger partial charge in [-0.05, 0) is 17.7 Å². The monoisotopic (exact) mass is 314 g/mol. The molecule has 0 aliphatic rings. The summed E-state index contributed by atoms with van der Waals surface area (Å²) >= 11 is 0. The molecule has 0 amide bonds. The Balaban J connectivity index is 2.29. The van der Waals surface area contributed by atoms with E-state index in [0.29, 0.717) is 17.1 Å². The minimum absolute atomic E-state index is 0.00193. The number of phenolic OH excluding ortho intramolecular Hbond substituents is 2. The predicted molar refractivity (Wildman–Crippen MR) is 84.4 cm³/mol. The maximum absolute atomic E-state index is 12.7. The fraction of sp³-hybridized carbons (Fsp3) is 0.118. The third-order valence-corrected chi connectivity index (χ3v) is 3.50. The maximum atomic E-state index is 12.7. The third kappa shape index (κ3) is 2.55. The molecule has 23 heavy (non-hydrogen) atoms. The zero-order valence-electron chi connectivity index (χ0n) is 12.5. The smallest absolute Gasteiger partial charge is 0.204 e. The van der Waals surface area contributed by atoms with Crippen molar-refractivity contribution >= 4 is 11.0 Å². The van der Waals surface area contributed by atoms with Crippen LogP contribution in [0.4, 0.5) is 0 Å². The second kappa shape index (κ2) is 5.57. The number of fused-ring (bicyclic) bond motifs is 1. The average molecular weight is 314 g/mol. The van der Waals surface area contributed by atoms with E-state index in [1.807, 2.05) is 0 Å². The molecule has 118 valence electrons. The molecule has 6 heteroatoms. The third-order valence-electron chi connectivity index (χ3n) is 3.50. The van der Waals surface area contributed by atoms with Gasteiger partial charge in [0, 0.05) is 18.2 Å². The molecule has 0 atom stereocenters. The molecule has 3 aromatic rings. The number of benzene rings is 2. The molecule has 0 saturated carbocycles. The average Bonchev–Trinajstić information content (AvgIpc) is 2.53. The van der Waals surface area contributed by atoms with Gasteiger partial charge in [0.1, 0.15) is 40.2 Å². The Morgan fingerprint density at radius 3 is 2.22 bits per heavy atom. The first-order chi connectivity index (χ1) is 11.0. The molecule has 0 bridgehead atoms. The van der Waals surface area contributed by atoms with Gasteiger partial charge in [-0.1, -0.05) is 0 Å². The van der Waals surface area contributed by atoms with Crippen LogP contribution in [-0.4, -0.2) is 24.4 Å². The number of ether oxygens (including phenoxy) is 2. The maximum Gasteiger partial charge on any atom is 0.204 e. The fourth-order valence-corrected chi connectivity index (χ4v) is 2.38. The van der Waals surface area contributed by atoms with E-state index in [1.165, 1.54) is 26.5 Å². The summed E-state index contributed by atoms with van der Waals surface area (Å²) in [6.45, 7) is 0. The second-order valence-corrected chi connectivity index (χ2v) is 4.92. The number of aromatic hydroxyl groups is 2. The zero-order valence-corrected chi connectivity index (χ0v) is 12.5. The molecule has 0 fully saturated rings. The number of hydrogen-bond donors (Lipinski definition) is 2. The van der Waals surface area contributed by atoms with E-state index in [-0.39, 0.29) is 28.0 Å². The molecule has 1 heterocycles. The van der Waals surface area contributed by atoms with E-state index in [9.17, 15) is 15.0 Å². The quantitative estimate of drug-likeness (QED) is 0.772. The van der Waals surface area contributed by atoms with Gasteiger partial charge in [-0.15, -0.1) is 0 Å². The summed E-state index contributed by atoms with van der Waals surface area (Å²) in [5.41, 5.74) is 0.463. The van der Waals surface area contributed by atoms with Crippen LogP contribution in [0.2, 0.25) is 0 Å². The largest absolute Gasteiger partial charge is 0.508 e. The van der Waals surface area contributed by atoms with Crippen molar-refractivity contribution in [2.45, 2.75) is 0 Å². The number of hydrogen-bond acceptors (Lipinski definition) is 6. The lowest BCUT2D eigenvalue weighted by Gasteiger charge is -2.09. The summed E-state index contributed by atoms with van der Waals surface area (Å²) in [6, 6.07) is 7.37. The van der Waals surface area contributed by atoms with Gasteiger partial charge in [0.05, 0.1) is 19.8 Å². The van der Waals surface area contributed by atoms with Gasteiger partial charge in [-0.25, -0.2) is 0 Å². The van der Waals surface area contributed by atoms with Crippen molar-refractivity contribution in [2.24, 2.45) is 0 Å². The highest BCUT2D eigenvalue weighted by atomic mass is 16.5. The Labute approximate surface area is 131 Å². The summed E-state index contributed by atoms with van der Waals surface area (Å²) < 4.78 is 15.8. The lowest BCUT2D eigenvalue weighted by Crippen LogP contribution is -2.05. The van der Waals surface area contributed by atoms with E-state index in [4.69, 9.17) is 13.9 Å². The SMILES string of the molecule is COc1cc(OC)cc(-c2coc3cc(O)cc(O)c3c2=O)c1. The van der Waals surface area contributed by atoms with E-state index in [1.54, 1.807) is 18.2 Å². The first-order valence-corrected chi connectivity index (χ1v) is 6.74. The van der Waals surface area contributed by atoms with Crippen molar-refractivity contribution in [1.82, 2.24) is 0 Å². The minimum atomic E-state index is -0.418. The van der Waals surface area contributed by atoms with E-state index in [0.717, 1.165) is 6.07 Å². The highest BCUT2D eigenvalue weighted by Crippen LogP contribution is 2.32. The standard InChI is InChI=1S/C17H14O6/c1-21-11-3-9(4-12(7-11)22-2)13-8-23-15-6-10(18)5-14(19)16(15)17(13)20/h3-8,18-19H,1-2H3. The summed E-state index contributed by atoms with van der Waals surface area (Å²) in [5, 5.41) is 19.4. The van der Waals surface area contributed by atoms with Gasteiger partial charge < -0.3 is 24.1 Å². The minimum Gasteiger partial charge on any atom is -0.508 e. The number of phenols is 2. The van der Waals surface area contributed by atoms with Crippen LogP contribution in [-0.2, 0) is 0 Å². The molecule has 6 nitrogen and oxygen atoms in total. The fourth-order valence-electron chi connectivity index (χ4n) is 2.38. The summed E-state index contributed by atoms with van der Waals surface area (Å²) in [6.07, 6.45) is 1.28. The number of rotatable bonds is 3. The Morgan fingerprint density at radius 2 is 1.61 bits per heavy atom. The Hall–Kier alpha value is -3.15. The van der Waals surface area contributed by atoms with Crippen LogP contribution in [0.25, 0.3) is 22.1 Å². The van der Waals surface area contributed by atoms with Gasteiger partial charge >= 0.3 is 0 Å². The van der Waals surface area contributed by atoms with Crippen LogP contribution in [0, 0.1) is 0 Å². The molecule has 0 spiro atoms. The molecule has 1 aromatic heterocycles. The normalized spacial score (nSPS) is 10.7. The van der Waals surface area contributed by atoms with Crippen LogP contribution in [0.3, 0.4) is 0 Å². The molecule has 0 aliphatic carbocycles. The van der Waals surface area contributed by atoms with Crippen molar-refractivity contribution in [3.8, 4) is 34.1 Å². The van der Waals surface area contributed by atoms with Crippen molar-refractivity contribution < 1.29 is 24.1 Å². The summed E-state index contributed by atoms with van der Waals surface area (Å²) in [5.74, 6) is 0.516. The van der Waals surface area contributed by atoms with Crippen LogP contribution in [0.15, 0.2) is 45.8 Å². The topological polar surface area (TPSA) is 89.1 Å². The highest BCUT2D eigenvalue weighted by Gasteiger charge is 2.15. The van der Waals surface area contributed by atoms with Crippen LogP contribution in [0.5, 0.6) is 23.0 Å². The highest BCUT2D eigenvalue weighted by molar-refractivity contribution is 5.88. The molecule has 0 saturated heterocycles. The van der Waals surface area contributed by atoms with Crippen LogP contribution < -0.4 is 14.9 Å². The predicted octanol–water partition coefficient (Wildman–Crippen LogP) is 2.89. The van der Waals surface area contributed by atoms with E-state index >= 15 is 0 Å². The summed E-state index contributed by atoms with van der Waals surface area (Å²) in [4.78, 5) is 12.7. The Bertz CT molecular complexity index is 919. The molecule has 2 N–H and O–H groups in total. The molecule has 0 aliphatic heterocycles. The molecular formula is C17H14O6. The van der Waals surface area contributed by atoms with Crippen molar-refractivity contribution in [1.29, 1.82) is 0 Å². The lowest BCUT2D eigenvalue weighted by atomic mass is 10.0. The van der Waals surface area contributed by atoms with Gasteiger partial charge in [-0.3, -0.25) is 4.79 Å². The molecule has 3 rings (SSSR count). The van der Waals surface area contributed by atoms with Crippen molar-refractivity contribution in [2.75, 3.05) is 14.2 Å². The van der Waals surface area contributed by atoms with Crippen LogP contribution in [0.1, 0.15) is 0 Å². The summed E-state index contributed by atoms with van der Waals surface area (Å²) in [7, 11) is 3.02. The molecule has 2 aromatic carbocycles. The van der Waals surface area contributed by atoms with E-state index in [2.05, 4.69) is 0 Å².